The molecule has 0 saturated carbocycles. The number of hydrogen-bond donors (Lipinski definition) is 2. The van der Waals surface area contributed by atoms with Crippen LogP contribution in [0.5, 0.6) is 0 Å². The molecular formula is C8H15NO4. The lowest BCUT2D eigenvalue weighted by Crippen LogP contribution is -2.32. The van der Waals surface area contributed by atoms with E-state index in [9.17, 15) is 4.79 Å². The van der Waals surface area contributed by atoms with Gasteiger partial charge in [-0.2, -0.15) is 0 Å². The van der Waals surface area contributed by atoms with Crippen LogP contribution in [0, 0.1) is 0 Å². The monoisotopic (exact) mass is 189 g/mol. The zero-order chi connectivity index (χ0) is 10.0. The van der Waals surface area contributed by atoms with Gasteiger partial charge in [0.1, 0.15) is 6.10 Å². The first kappa shape index (κ1) is 10.4. The Morgan fingerprint density at radius 1 is 1.77 bits per heavy atom. The second-order valence-electron chi connectivity index (χ2n) is 3.22. The Morgan fingerprint density at radius 3 is 2.69 bits per heavy atom. The summed E-state index contributed by atoms with van der Waals surface area (Å²) in [7, 11) is 0. The molecule has 13 heavy (non-hydrogen) atoms. The molecule has 0 radical (unpaired) electrons. The summed E-state index contributed by atoms with van der Waals surface area (Å²) in [4.78, 5) is 12.3. The minimum Gasteiger partial charge on any atom is -0.394 e. The molecule has 1 saturated heterocycles. The van der Waals surface area contributed by atoms with E-state index in [1.165, 1.54) is 11.8 Å². The van der Waals surface area contributed by atoms with Crippen molar-refractivity contribution in [1.29, 1.82) is 0 Å². The predicted octanol–water partition coefficient (Wildman–Crippen LogP) is -1.07. The van der Waals surface area contributed by atoms with E-state index in [1.807, 2.05) is 0 Å². The molecule has 1 heterocycles. The smallest absolute Gasteiger partial charge is 0.221 e. The largest absolute Gasteiger partial charge is 0.394 e. The summed E-state index contributed by atoms with van der Waals surface area (Å²) in [6, 6.07) is 0. The fourth-order valence-corrected chi connectivity index (χ4v) is 1.08. The Bertz CT molecular complexity index is 195. The highest BCUT2D eigenvalue weighted by Crippen LogP contribution is 2.20. The second kappa shape index (κ2) is 4.04. The van der Waals surface area contributed by atoms with E-state index in [0.29, 0.717) is 6.54 Å². The maximum Gasteiger partial charge on any atom is 0.221 e. The molecule has 1 aliphatic heterocycles. The number of carbonyl (C=O) groups excluding carboxylic acids is 1. The van der Waals surface area contributed by atoms with Gasteiger partial charge in [-0.15, -0.1) is 0 Å². The highest BCUT2D eigenvalue weighted by atomic mass is 16.5. The summed E-state index contributed by atoms with van der Waals surface area (Å²) >= 11 is 0. The molecule has 0 aromatic heterocycles. The van der Waals surface area contributed by atoms with E-state index < -0.39 is 12.2 Å². The molecule has 1 rings (SSSR count). The maximum atomic E-state index is 10.8. The van der Waals surface area contributed by atoms with Gasteiger partial charge in [0.25, 0.3) is 0 Å². The number of nitrogens with zero attached hydrogens (tertiary/aromatic N) is 1. The third kappa shape index (κ3) is 2.65. The maximum absolute atomic E-state index is 10.8. The standard InChI is InChI=1S/C8H15NO4/c1-5(11)7(4-10)13-8-3-9(8)6(2)12/h5,7-8,10-11H,3-4H2,1-2H3/t5?,7?,8-,9?/m0/s1. The van der Waals surface area contributed by atoms with Crippen LogP contribution in [0.3, 0.4) is 0 Å². The van der Waals surface area contributed by atoms with Gasteiger partial charge in [0, 0.05) is 6.92 Å². The summed E-state index contributed by atoms with van der Waals surface area (Å²) < 4.78 is 5.25. The molecule has 76 valence electrons. The van der Waals surface area contributed by atoms with Gasteiger partial charge in [0.2, 0.25) is 5.91 Å². The fraction of sp³-hybridized carbons (Fsp3) is 0.875. The average molecular weight is 189 g/mol. The molecule has 0 spiro atoms. The van der Waals surface area contributed by atoms with Crippen LogP contribution in [-0.2, 0) is 9.53 Å². The third-order valence-electron chi connectivity index (χ3n) is 2.02. The lowest BCUT2D eigenvalue weighted by Gasteiger charge is -2.17. The van der Waals surface area contributed by atoms with Crippen molar-refractivity contribution >= 4 is 5.91 Å². The summed E-state index contributed by atoms with van der Waals surface area (Å²) in [6.07, 6.45) is -1.59. The zero-order valence-corrected chi connectivity index (χ0v) is 7.80. The highest BCUT2D eigenvalue weighted by molar-refractivity contribution is 5.75. The normalized spacial score (nSPS) is 25.5. The third-order valence-corrected chi connectivity index (χ3v) is 2.02. The van der Waals surface area contributed by atoms with Crippen LogP contribution in [0.1, 0.15) is 13.8 Å². The van der Waals surface area contributed by atoms with Crippen LogP contribution in [0.2, 0.25) is 0 Å². The SMILES string of the molecule is CC(=O)N1C[C@@H]1OC(CO)C(C)O. The van der Waals surface area contributed by atoms with Crippen molar-refractivity contribution < 1.29 is 19.7 Å². The summed E-state index contributed by atoms with van der Waals surface area (Å²) in [6.45, 7) is 3.32. The van der Waals surface area contributed by atoms with E-state index in [4.69, 9.17) is 14.9 Å². The Morgan fingerprint density at radius 2 is 2.38 bits per heavy atom. The van der Waals surface area contributed by atoms with Crippen molar-refractivity contribution in [2.24, 2.45) is 0 Å². The zero-order valence-electron chi connectivity index (χ0n) is 7.80. The van der Waals surface area contributed by atoms with Crippen molar-refractivity contribution in [2.45, 2.75) is 32.3 Å². The average Bonchev–Trinajstić information content (AvgIpc) is 2.78. The molecular weight excluding hydrogens is 174 g/mol. The summed E-state index contributed by atoms with van der Waals surface area (Å²) in [5.41, 5.74) is 0. The lowest BCUT2D eigenvalue weighted by atomic mass is 10.2. The fourth-order valence-electron chi connectivity index (χ4n) is 1.08. The Kier molecular flexibility index (Phi) is 3.24. The number of ether oxygens (including phenoxy) is 1. The van der Waals surface area contributed by atoms with Gasteiger partial charge >= 0.3 is 0 Å². The minimum atomic E-state index is -0.723. The molecule has 1 aliphatic rings. The first-order valence-electron chi connectivity index (χ1n) is 4.28. The van der Waals surface area contributed by atoms with Crippen molar-refractivity contribution in [3.63, 3.8) is 0 Å². The highest BCUT2D eigenvalue weighted by Gasteiger charge is 2.39. The Hall–Kier alpha value is -0.650. The molecule has 1 fully saturated rings. The first-order chi connectivity index (χ1) is 6.06. The van der Waals surface area contributed by atoms with Gasteiger partial charge in [-0.25, -0.2) is 0 Å². The van der Waals surface area contributed by atoms with Gasteiger partial charge in [0.05, 0.1) is 19.3 Å². The molecule has 2 unspecified atom stereocenters. The Labute approximate surface area is 76.9 Å². The molecule has 2 N–H and O–H groups in total. The van der Waals surface area contributed by atoms with Crippen LogP contribution in [-0.4, -0.2) is 52.6 Å². The first-order valence-corrected chi connectivity index (χ1v) is 4.28. The van der Waals surface area contributed by atoms with Crippen molar-refractivity contribution in [3.05, 3.63) is 0 Å². The van der Waals surface area contributed by atoms with Crippen LogP contribution < -0.4 is 0 Å². The molecule has 0 aromatic rings. The van der Waals surface area contributed by atoms with Gasteiger partial charge < -0.3 is 19.8 Å². The number of aliphatic hydroxyl groups is 2. The van der Waals surface area contributed by atoms with E-state index in [2.05, 4.69) is 0 Å². The lowest BCUT2D eigenvalue weighted by molar-refractivity contribution is -0.129. The van der Waals surface area contributed by atoms with Gasteiger partial charge in [-0.05, 0) is 6.92 Å². The minimum absolute atomic E-state index is 0.0488. The second-order valence-corrected chi connectivity index (χ2v) is 3.22. The van der Waals surface area contributed by atoms with Crippen molar-refractivity contribution in [1.82, 2.24) is 4.90 Å². The van der Waals surface area contributed by atoms with Gasteiger partial charge in [-0.1, -0.05) is 0 Å². The van der Waals surface area contributed by atoms with E-state index in [1.54, 1.807) is 6.92 Å². The van der Waals surface area contributed by atoms with Gasteiger partial charge in [-0.3, -0.25) is 4.79 Å². The number of rotatable bonds is 4. The van der Waals surface area contributed by atoms with Crippen molar-refractivity contribution in [3.8, 4) is 0 Å². The molecule has 0 aliphatic carbocycles. The predicted molar refractivity (Wildman–Crippen MR) is 44.8 cm³/mol. The molecule has 1 amide bonds. The number of carbonyl (C=O) groups is 1. The summed E-state index contributed by atoms with van der Waals surface area (Å²) in [5.74, 6) is -0.0488. The topological polar surface area (TPSA) is 69.8 Å². The van der Waals surface area contributed by atoms with Crippen LogP contribution in [0.25, 0.3) is 0 Å². The molecule has 0 bridgehead atoms. The van der Waals surface area contributed by atoms with E-state index in [0.717, 1.165) is 0 Å². The molecule has 5 nitrogen and oxygen atoms in total. The van der Waals surface area contributed by atoms with Crippen LogP contribution in [0.4, 0.5) is 0 Å². The van der Waals surface area contributed by atoms with Crippen LogP contribution in [0.15, 0.2) is 0 Å². The van der Waals surface area contributed by atoms with Crippen LogP contribution >= 0.6 is 0 Å². The number of aliphatic hydroxyl groups excluding tert-OH is 2. The molecule has 5 heteroatoms. The van der Waals surface area contributed by atoms with E-state index in [-0.39, 0.29) is 18.7 Å². The van der Waals surface area contributed by atoms with E-state index >= 15 is 0 Å². The molecule has 3 atom stereocenters. The number of hydrogen-bond acceptors (Lipinski definition) is 4. The van der Waals surface area contributed by atoms with Crippen molar-refractivity contribution in [2.75, 3.05) is 13.2 Å². The Balaban J connectivity index is 2.29. The quantitative estimate of drug-likeness (QED) is 0.553. The number of amides is 1. The summed E-state index contributed by atoms with van der Waals surface area (Å²) in [5, 5.41) is 17.9. The van der Waals surface area contributed by atoms with Gasteiger partial charge in [0.15, 0.2) is 6.23 Å². The molecule has 0 aromatic carbocycles.